The molecule has 0 aliphatic heterocycles. The second-order valence-electron chi connectivity index (χ2n) is 3.74. The van der Waals surface area contributed by atoms with Crippen LogP contribution in [0.3, 0.4) is 0 Å². The maximum absolute atomic E-state index is 5.71. The van der Waals surface area contributed by atoms with Crippen LogP contribution in [0.15, 0.2) is 66.1 Å². The van der Waals surface area contributed by atoms with Gasteiger partial charge in [-0.3, -0.25) is 0 Å². The lowest BCUT2D eigenvalue weighted by Crippen LogP contribution is -1.86. The van der Waals surface area contributed by atoms with Gasteiger partial charge in [0.1, 0.15) is 11.5 Å². The van der Waals surface area contributed by atoms with Crippen LogP contribution in [0.4, 0.5) is 5.69 Å². The van der Waals surface area contributed by atoms with Crippen molar-refractivity contribution in [1.82, 2.24) is 0 Å². The lowest BCUT2D eigenvalue weighted by Gasteiger charge is -2.06. The molecular formula is C15H15NOS. The highest BCUT2D eigenvalue weighted by Gasteiger charge is 1.98. The van der Waals surface area contributed by atoms with E-state index in [1.165, 1.54) is 4.90 Å². The van der Waals surface area contributed by atoms with Crippen molar-refractivity contribution >= 4 is 17.4 Å². The molecule has 0 amide bonds. The average Bonchev–Trinajstić information content (AvgIpc) is 2.41. The summed E-state index contributed by atoms with van der Waals surface area (Å²) in [5.74, 6) is 2.52. The van der Waals surface area contributed by atoms with Gasteiger partial charge in [-0.1, -0.05) is 6.08 Å². The van der Waals surface area contributed by atoms with E-state index in [0.717, 1.165) is 22.9 Å². The Balaban J connectivity index is 2.01. The van der Waals surface area contributed by atoms with Gasteiger partial charge in [-0.05, 0) is 48.5 Å². The van der Waals surface area contributed by atoms with Crippen molar-refractivity contribution in [3.63, 3.8) is 0 Å². The Morgan fingerprint density at radius 1 is 1.00 bits per heavy atom. The van der Waals surface area contributed by atoms with Crippen LogP contribution < -0.4 is 10.5 Å². The molecule has 2 rings (SSSR count). The van der Waals surface area contributed by atoms with Crippen molar-refractivity contribution in [1.29, 1.82) is 0 Å². The smallest absolute Gasteiger partial charge is 0.127 e. The Bertz CT molecular complexity index is 505. The number of anilines is 1. The third-order valence-corrected chi connectivity index (χ3v) is 3.32. The Morgan fingerprint density at radius 2 is 1.56 bits per heavy atom. The van der Waals surface area contributed by atoms with Gasteiger partial charge in [0.05, 0.1) is 0 Å². The molecule has 2 N–H and O–H groups in total. The number of nitrogens with two attached hydrogens (primary N) is 1. The molecule has 0 unspecified atom stereocenters. The second-order valence-corrected chi connectivity index (χ2v) is 4.84. The van der Waals surface area contributed by atoms with Gasteiger partial charge in [0.15, 0.2) is 0 Å². The number of benzene rings is 2. The summed E-state index contributed by atoms with van der Waals surface area (Å²) in [5.41, 5.74) is 6.35. The molecule has 0 aliphatic carbocycles. The molecule has 0 aromatic heterocycles. The van der Waals surface area contributed by atoms with E-state index in [1.807, 2.05) is 54.6 Å². The van der Waals surface area contributed by atoms with E-state index in [-0.39, 0.29) is 0 Å². The van der Waals surface area contributed by atoms with E-state index < -0.39 is 0 Å². The maximum atomic E-state index is 5.71. The SMILES string of the molecule is C=CCSc1ccc(Oc2ccc(N)cc2)cc1. The summed E-state index contributed by atoms with van der Waals surface area (Å²) in [6.07, 6.45) is 1.89. The number of ether oxygens (including phenoxy) is 1. The standard InChI is InChI=1S/C15H15NOS/c1-2-11-18-15-9-7-14(8-10-15)17-13-5-3-12(16)4-6-13/h2-10H,1,11,16H2. The lowest BCUT2D eigenvalue weighted by molar-refractivity contribution is 0.482. The maximum Gasteiger partial charge on any atom is 0.127 e. The van der Waals surface area contributed by atoms with E-state index in [1.54, 1.807) is 11.8 Å². The lowest BCUT2D eigenvalue weighted by atomic mass is 10.3. The predicted octanol–water partition coefficient (Wildman–Crippen LogP) is 4.34. The fraction of sp³-hybridized carbons (Fsp3) is 0.0667. The minimum Gasteiger partial charge on any atom is -0.457 e. The largest absolute Gasteiger partial charge is 0.457 e. The molecule has 2 aromatic rings. The van der Waals surface area contributed by atoms with Crippen LogP contribution in [0.5, 0.6) is 11.5 Å². The summed E-state index contributed by atoms with van der Waals surface area (Å²) >= 11 is 1.75. The zero-order chi connectivity index (χ0) is 12.8. The summed E-state index contributed by atoms with van der Waals surface area (Å²) in [7, 11) is 0. The first kappa shape index (κ1) is 12.6. The van der Waals surface area contributed by atoms with Crippen LogP contribution in [0.1, 0.15) is 0 Å². The summed E-state index contributed by atoms with van der Waals surface area (Å²) in [6.45, 7) is 3.70. The van der Waals surface area contributed by atoms with E-state index in [0.29, 0.717) is 0 Å². The van der Waals surface area contributed by atoms with Crippen LogP contribution in [0.25, 0.3) is 0 Å². The molecule has 0 saturated heterocycles. The topological polar surface area (TPSA) is 35.2 Å². The third-order valence-electron chi connectivity index (χ3n) is 2.31. The summed E-state index contributed by atoms with van der Waals surface area (Å²) in [5, 5.41) is 0. The first-order valence-electron chi connectivity index (χ1n) is 5.65. The number of hydrogen-bond donors (Lipinski definition) is 1. The molecule has 0 atom stereocenters. The van der Waals surface area contributed by atoms with Crippen LogP contribution >= 0.6 is 11.8 Å². The second kappa shape index (κ2) is 6.17. The fourth-order valence-electron chi connectivity index (χ4n) is 1.43. The summed E-state index contributed by atoms with van der Waals surface area (Å²) < 4.78 is 5.71. The van der Waals surface area contributed by atoms with Crippen molar-refractivity contribution in [2.75, 3.05) is 11.5 Å². The molecular weight excluding hydrogens is 242 g/mol. The number of rotatable bonds is 5. The molecule has 0 heterocycles. The van der Waals surface area contributed by atoms with Gasteiger partial charge in [-0.2, -0.15) is 0 Å². The van der Waals surface area contributed by atoms with E-state index in [2.05, 4.69) is 6.58 Å². The Labute approximate surface area is 111 Å². The van der Waals surface area contributed by atoms with Gasteiger partial charge in [0, 0.05) is 16.3 Å². The molecule has 18 heavy (non-hydrogen) atoms. The van der Waals surface area contributed by atoms with Gasteiger partial charge in [-0.25, -0.2) is 0 Å². The molecule has 0 radical (unpaired) electrons. The Hall–Kier alpha value is -1.87. The quantitative estimate of drug-likeness (QED) is 0.491. The molecule has 0 fully saturated rings. The Kier molecular flexibility index (Phi) is 4.31. The minimum atomic E-state index is 0.735. The molecule has 0 bridgehead atoms. The molecule has 0 aliphatic rings. The van der Waals surface area contributed by atoms with Crippen LogP contribution in [-0.4, -0.2) is 5.75 Å². The highest BCUT2D eigenvalue weighted by atomic mass is 32.2. The van der Waals surface area contributed by atoms with Gasteiger partial charge in [0.25, 0.3) is 0 Å². The van der Waals surface area contributed by atoms with Crippen LogP contribution in [-0.2, 0) is 0 Å². The summed E-state index contributed by atoms with van der Waals surface area (Å²) in [4.78, 5) is 1.21. The first-order valence-corrected chi connectivity index (χ1v) is 6.63. The summed E-state index contributed by atoms with van der Waals surface area (Å²) in [6, 6.07) is 15.4. The van der Waals surface area contributed by atoms with Gasteiger partial charge in [0.2, 0.25) is 0 Å². The van der Waals surface area contributed by atoms with E-state index in [4.69, 9.17) is 10.5 Å². The predicted molar refractivity (Wildman–Crippen MR) is 78.3 cm³/mol. The van der Waals surface area contributed by atoms with E-state index in [9.17, 15) is 0 Å². The molecule has 0 spiro atoms. The molecule has 0 saturated carbocycles. The normalized spacial score (nSPS) is 10.0. The highest BCUT2D eigenvalue weighted by Crippen LogP contribution is 2.25. The molecule has 3 heteroatoms. The Morgan fingerprint density at radius 3 is 2.11 bits per heavy atom. The fourth-order valence-corrected chi connectivity index (χ4v) is 2.07. The first-order chi connectivity index (χ1) is 8.78. The van der Waals surface area contributed by atoms with Gasteiger partial charge < -0.3 is 10.5 Å². The van der Waals surface area contributed by atoms with Crippen molar-refractivity contribution < 1.29 is 4.74 Å². The molecule has 2 nitrogen and oxygen atoms in total. The molecule has 92 valence electrons. The monoisotopic (exact) mass is 257 g/mol. The number of nitrogen functional groups attached to an aromatic ring is 1. The number of hydrogen-bond acceptors (Lipinski definition) is 3. The third kappa shape index (κ3) is 3.57. The van der Waals surface area contributed by atoms with Crippen molar-refractivity contribution in [2.45, 2.75) is 4.90 Å². The molecule has 2 aromatic carbocycles. The number of thioether (sulfide) groups is 1. The zero-order valence-electron chi connectivity index (χ0n) is 10.0. The van der Waals surface area contributed by atoms with Crippen molar-refractivity contribution in [3.05, 3.63) is 61.2 Å². The van der Waals surface area contributed by atoms with Crippen molar-refractivity contribution in [2.24, 2.45) is 0 Å². The highest BCUT2D eigenvalue weighted by molar-refractivity contribution is 7.99. The van der Waals surface area contributed by atoms with Gasteiger partial charge >= 0.3 is 0 Å². The van der Waals surface area contributed by atoms with Gasteiger partial charge in [-0.15, -0.1) is 18.3 Å². The zero-order valence-corrected chi connectivity index (χ0v) is 10.8. The average molecular weight is 257 g/mol. The van der Waals surface area contributed by atoms with E-state index >= 15 is 0 Å². The van der Waals surface area contributed by atoms with Crippen LogP contribution in [0, 0.1) is 0 Å². The minimum absolute atomic E-state index is 0.735. The van der Waals surface area contributed by atoms with Crippen LogP contribution in [0.2, 0.25) is 0 Å². The van der Waals surface area contributed by atoms with Crippen molar-refractivity contribution in [3.8, 4) is 11.5 Å².